The topological polar surface area (TPSA) is 77.2 Å². The van der Waals surface area contributed by atoms with Gasteiger partial charge in [-0.3, -0.25) is 4.79 Å². The summed E-state index contributed by atoms with van der Waals surface area (Å²) < 4.78 is 24.4. The summed E-state index contributed by atoms with van der Waals surface area (Å²) in [6.07, 6.45) is 0. The van der Waals surface area contributed by atoms with Crippen LogP contribution in [-0.2, 0) is 4.79 Å². The van der Waals surface area contributed by atoms with Crippen LogP contribution in [0, 0.1) is 5.82 Å². The number of thioether (sulfide) groups is 1. The second-order valence-corrected chi connectivity index (χ2v) is 7.79. The minimum Gasteiger partial charge on any atom is -0.494 e. The molecule has 0 aliphatic heterocycles. The number of nitrogens with one attached hydrogen (secondary N) is 1. The molecule has 0 aliphatic carbocycles. The molecule has 0 aliphatic rings. The highest BCUT2D eigenvalue weighted by Crippen LogP contribution is 2.36. The maximum atomic E-state index is 13.2. The predicted molar refractivity (Wildman–Crippen MR) is 121 cm³/mol. The lowest BCUT2D eigenvalue weighted by Crippen LogP contribution is -2.19. The summed E-state index contributed by atoms with van der Waals surface area (Å²) in [7, 11) is 0. The zero-order valence-electron chi connectivity index (χ0n) is 17.2. The van der Waals surface area contributed by atoms with E-state index >= 15 is 0 Å². The molecule has 32 heavy (non-hydrogen) atoms. The molecule has 0 radical (unpaired) electrons. The number of aromatic nitrogens is 2. The number of nitrogens with zero attached hydrogens (tertiary/aromatic N) is 2. The molecule has 0 unspecified atom stereocenters. The number of benzene rings is 3. The molecule has 3 aromatic carbocycles. The van der Waals surface area contributed by atoms with Gasteiger partial charge in [-0.05, 0) is 72.8 Å². The molecule has 1 N–H and O–H groups in total. The Morgan fingerprint density at radius 1 is 1.03 bits per heavy atom. The molecule has 0 saturated carbocycles. The summed E-state index contributed by atoms with van der Waals surface area (Å²) >= 11 is 1.15. The first-order valence-electron chi connectivity index (χ1n) is 9.97. The third-order valence-corrected chi connectivity index (χ3v) is 5.58. The molecule has 1 amide bonds. The molecule has 8 heteroatoms. The SMILES string of the molecule is CCOc1ccc(-c2nnc(S[C@@H](C(=O)Nc3ccc(F)cc3)c3ccccc3)o2)cc1. The Morgan fingerprint density at radius 3 is 2.44 bits per heavy atom. The highest BCUT2D eigenvalue weighted by molar-refractivity contribution is 8.00. The van der Waals surface area contributed by atoms with Crippen LogP contribution in [-0.4, -0.2) is 22.7 Å². The van der Waals surface area contributed by atoms with Crippen molar-refractivity contribution in [3.05, 3.63) is 90.2 Å². The van der Waals surface area contributed by atoms with Crippen LogP contribution >= 0.6 is 11.8 Å². The van der Waals surface area contributed by atoms with E-state index in [2.05, 4.69) is 15.5 Å². The van der Waals surface area contributed by atoms with Crippen molar-refractivity contribution < 1.29 is 18.3 Å². The molecule has 0 bridgehead atoms. The number of carbonyl (C=O) groups is 1. The Balaban J connectivity index is 1.54. The number of hydrogen-bond acceptors (Lipinski definition) is 6. The van der Waals surface area contributed by atoms with Crippen molar-refractivity contribution in [3.63, 3.8) is 0 Å². The van der Waals surface area contributed by atoms with Crippen LogP contribution in [0.15, 0.2) is 88.5 Å². The summed E-state index contributed by atoms with van der Waals surface area (Å²) in [6.45, 7) is 2.51. The minimum absolute atomic E-state index is 0.261. The van der Waals surface area contributed by atoms with E-state index < -0.39 is 5.25 Å². The molecule has 0 spiro atoms. The third kappa shape index (κ3) is 5.33. The molecular weight excluding hydrogens is 429 g/mol. The largest absolute Gasteiger partial charge is 0.494 e. The van der Waals surface area contributed by atoms with Gasteiger partial charge >= 0.3 is 0 Å². The standard InChI is InChI=1S/C24H20FN3O3S/c1-2-30-20-14-8-17(9-15-20)23-27-28-24(31-23)32-21(16-6-4-3-5-7-16)22(29)26-19-12-10-18(25)11-13-19/h3-15,21H,2H2,1H3,(H,26,29)/t21-/m1/s1. The summed E-state index contributed by atoms with van der Waals surface area (Å²) in [5.41, 5.74) is 2.02. The molecule has 0 fully saturated rings. The second-order valence-electron chi connectivity index (χ2n) is 6.74. The summed E-state index contributed by atoms with van der Waals surface area (Å²) in [5, 5.41) is 10.6. The van der Waals surface area contributed by atoms with Gasteiger partial charge in [-0.2, -0.15) is 0 Å². The number of hydrogen-bond donors (Lipinski definition) is 1. The van der Waals surface area contributed by atoms with E-state index in [9.17, 15) is 9.18 Å². The molecule has 4 rings (SSSR count). The Morgan fingerprint density at radius 2 is 1.75 bits per heavy atom. The molecule has 1 aromatic heterocycles. The lowest BCUT2D eigenvalue weighted by molar-refractivity contribution is -0.115. The first-order valence-corrected chi connectivity index (χ1v) is 10.8. The van der Waals surface area contributed by atoms with Gasteiger partial charge in [-0.15, -0.1) is 10.2 Å². The van der Waals surface area contributed by atoms with Crippen LogP contribution in [0.3, 0.4) is 0 Å². The van der Waals surface area contributed by atoms with Gasteiger partial charge in [0.15, 0.2) is 0 Å². The van der Waals surface area contributed by atoms with E-state index in [1.54, 1.807) is 0 Å². The molecular formula is C24H20FN3O3S. The number of carbonyl (C=O) groups excluding carboxylic acids is 1. The van der Waals surface area contributed by atoms with Crippen LogP contribution in [0.1, 0.15) is 17.7 Å². The van der Waals surface area contributed by atoms with Gasteiger partial charge in [-0.1, -0.05) is 30.3 Å². The van der Waals surface area contributed by atoms with Crippen molar-refractivity contribution in [2.24, 2.45) is 0 Å². The maximum Gasteiger partial charge on any atom is 0.277 e. The summed E-state index contributed by atoms with van der Waals surface area (Å²) in [6, 6.07) is 22.2. The van der Waals surface area contributed by atoms with E-state index in [1.165, 1.54) is 24.3 Å². The van der Waals surface area contributed by atoms with Gasteiger partial charge in [0.2, 0.25) is 11.8 Å². The lowest BCUT2D eigenvalue weighted by Gasteiger charge is -2.15. The van der Waals surface area contributed by atoms with Crippen molar-refractivity contribution >= 4 is 23.4 Å². The fraction of sp³-hybridized carbons (Fsp3) is 0.125. The first-order chi connectivity index (χ1) is 15.6. The minimum atomic E-state index is -0.644. The number of amides is 1. The van der Waals surface area contributed by atoms with Crippen LogP contribution in [0.5, 0.6) is 5.75 Å². The maximum absolute atomic E-state index is 13.2. The van der Waals surface area contributed by atoms with Gasteiger partial charge in [0.25, 0.3) is 5.22 Å². The zero-order chi connectivity index (χ0) is 22.3. The normalized spacial score (nSPS) is 11.7. The van der Waals surface area contributed by atoms with E-state index in [0.29, 0.717) is 18.2 Å². The van der Waals surface area contributed by atoms with E-state index in [0.717, 1.165) is 28.6 Å². The summed E-state index contributed by atoms with van der Waals surface area (Å²) in [4.78, 5) is 13.0. The zero-order valence-corrected chi connectivity index (χ0v) is 18.0. The number of halogens is 1. The Bertz CT molecular complexity index is 1170. The molecule has 1 atom stereocenters. The fourth-order valence-corrected chi connectivity index (χ4v) is 3.85. The van der Waals surface area contributed by atoms with Crippen molar-refractivity contribution in [2.45, 2.75) is 17.4 Å². The van der Waals surface area contributed by atoms with Gasteiger partial charge in [0.05, 0.1) is 6.61 Å². The molecule has 6 nitrogen and oxygen atoms in total. The van der Waals surface area contributed by atoms with Crippen LogP contribution in [0.4, 0.5) is 10.1 Å². The van der Waals surface area contributed by atoms with Crippen molar-refractivity contribution in [1.82, 2.24) is 10.2 Å². The molecule has 4 aromatic rings. The molecule has 1 heterocycles. The first kappa shape index (κ1) is 21.6. The van der Waals surface area contributed by atoms with Crippen LogP contribution in [0.2, 0.25) is 0 Å². The van der Waals surface area contributed by atoms with Crippen molar-refractivity contribution in [3.8, 4) is 17.2 Å². The Labute approximate surface area is 188 Å². The van der Waals surface area contributed by atoms with E-state index in [1.807, 2.05) is 61.5 Å². The van der Waals surface area contributed by atoms with Gasteiger partial charge in [0, 0.05) is 11.3 Å². The quantitative estimate of drug-likeness (QED) is 0.345. The highest BCUT2D eigenvalue weighted by atomic mass is 32.2. The molecule has 162 valence electrons. The summed E-state index contributed by atoms with van der Waals surface area (Å²) in [5.74, 6) is 0.451. The third-order valence-electron chi connectivity index (χ3n) is 4.49. The lowest BCUT2D eigenvalue weighted by atomic mass is 10.1. The Kier molecular flexibility index (Phi) is 6.81. The molecule has 0 saturated heterocycles. The second kappa shape index (κ2) is 10.1. The fourth-order valence-electron chi connectivity index (χ4n) is 2.98. The van der Waals surface area contributed by atoms with Gasteiger partial charge in [-0.25, -0.2) is 4.39 Å². The van der Waals surface area contributed by atoms with Gasteiger partial charge in [0.1, 0.15) is 16.8 Å². The van der Waals surface area contributed by atoms with E-state index in [-0.39, 0.29) is 16.9 Å². The highest BCUT2D eigenvalue weighted by Gasteiger charge is 2.25. The number of ether oxygens (including phenoxy) is 1. The van der Waals surface area contributed by atoms with Crippen LogP contribution < -0.4 is 10.1 Å². The Hall–Kier alpha value is -3.65. The van der Waals surface area contributed by atoms with Crippen molar-refractivity contribution in [2.75, 3.05) is 11.9 Å². The average Bonchev–Trinajstić information content (AvgIpc) is 3.29. The van der Waals surface area contributed by atoms with Crippen molar-refractivity contribution in [1.29, 1.82) is 0 Å². The van der Waals surface area contributed by atoms with E-state index in [4.69, 9.17) is 9.15 Å². The monoisotopic (exact) mass is 449 g/mol. The van der Waals surface area contributed by atoms with Gasteiger partial charge < -0.3 is 14.5 Å². The average molecular weight is 450 g/mol. The van der Waals surface area contributed by atoms with Crippen LogP contribution in [0.25, 0.3) is 11.5 Å². The number of anilines is 1. The predicted octanol–water partition coefficient (Wildman–Crippen LogP) is 5.75. The smallest absolute Gasteiger partial charge is 0.277 e. The number of rotatable bonds is 8.